The van der Waals surface area contributed by atoms with E-state index in [1.165, 1.54) is 0 Å². The molecule has 0 radical (unpaired) electrons. The topological polar surface area (TPSA) is 87.2 Å². The summed E-state index contributed by atoms with van der Waals surface area (Å²) >= 11 is 1.69. The number of esters is 1. The fourth-order valence-corrected chi connectivity index (χ4v) is 8.40. The Morgan fingerprint density at radius 3 is 2.61 bits per heavy atom. The minimum Gasteiger partial charge on any atom is -0.465 e. The van der Waals surface area contributed by atoms with E-state index in [-0.39, 0.29) is 35.7 Å². The molecule has 7 nitrogen and oxygen atoms in total. The Balaban J connectivity index is 1.84. The van der Waals surface area contributed by atoms with Gasteiger partial charge in [-0.05, 0) is 58.8 Å². The minimum absolute atomic E-state index is 0.0209. The Labute approximate surface area is 220 Å². The molecule has 1 N–H and O–H groups in total. The molecule has 3 aliphatic heterocycles. The molecule has 0 saturated carbocycles. The number of ether oxygens (including phenoxy) is 1. The highest BCUT2D eigenvalue weighted by atomic mass is 32.2. The summed E-state index contributed by atoms with van der Waals surface area (Å²) in [6, 6.07) is -0.594. The lowest BCUT2D eigenvalue weighted by Gasteiger charge is -2.38. The van der Waals surface area contributed by atoms with Crippen LogP contribution in [0.3, 0.4) is 0 Å². The first-order chi connectivity index (χ1) is 17.3. The maximum Gasteiger partial charge on any atom is 0.310 e. The molecule has 1 spiro atoms. The van der Waals surface area contributed by atoms with E-state index in [0.717, 1.165) is 57.8 Å². The van der Waals surface area contributed by atoms with Crippen LogP contribution in [0.15, 0.2) is 25.3 Å². The first-order valence-electron chi connectivity index (χ1n) is 13.6. The zero-order valence-corrected chi connectivity index (χ0v) is 22.8. The van der Waals surface area contributed by atoms with Crippen molar-refractivity contribution in [2.24, 2.45) is 11.8 Å². The van der Waals surface area contributed by atoms with Crippen LogP contribution in [-0.4, -0.2) is 81.1 Å². The number of hydrogen-bond acceptors (Lipinski definition) is 6. The largest absolute Gasteiger partial charge is 0.465 e. The van der Waals surface area contributed by atoms with Crippen LogP contribution in [-0.2, 0) is 19.1 Å². The number of rotatable bonds is 16. The van der Waals surface area contributed by atoms with Gasteiger partial charge >= 0.3 is 5.97 Å². The van der Waals surface area contributed by atoms with Gasteiger partial charge in [-0.3, -0.25) is 14.4 Å². The molecule has 3 rings (SSSR count). The Morgan fingerprint density at radius 2 is 1.94 bits per heavy atom. The van der Waals surface area contributed by atoms with Crippen LogP contribution >= 0.6 is 11.8 Å². The molecule has 2 amide bonds. The van der Waals surface area contributed by atoms with E-state index in [4.69, 9.17) is 9.84 Å². The maximum absolute atomic E-state index is 14.1. The molecular formula is C28H44N2O5S. The Morgan fingerprint density at radius 1 is 1.19 bits per heavy atom. The fraction of sp³-hybridized carbons (Fsp3) is 0.750. The zero-order valence-electron chi connectivity index (χ0n) is 22.0. The number of aliphatic hydroxyl groups is 1. The normalized spacial score (nSPS) is 28.4. The van der Waals surface area contributed by atoms with Crippen LogP contribution < -0.4 is 0 Å². The van der Waals surface area contributed by atoms with Crippen LogP contribution in [0.1, 0.15) is 71.6 Å². The van der Waals surface area contributed by atoms with E-state index in [1.807, 2.05) is 19.9 Å². The van der Waals surface area contributed by atoms with Gasteiger partial charge in [-0.1, -0.05) is 25.0 Å². The van der Waals surface area contributed by atoms with Crippen molar-refractivity contribution in [2.75, 3.05) is 26.3 Å². The molecule has 0 aromatic heterocycles. The summed E-state index contributed by atoms with van der Waals surface area (Å²) in [5.41, 5.74) is 0. The molecule has 0 aromatic carbocycles. The highest BCUT2D eigenvalue weighted by Crippen LogP contribution is 2.66. The van der Waals surface area contributed by atoms with Gasteiger partial charge in [-0.2, -0.15) is 0 Å². The van der Waals surface area contributed by atoms with Crippen molar-refractivity contribution in [2.45, 2.75) is 93.7 Å². The second-order valence-corrected chi connectivity index (χ2v) is 12.2. The summed E-state index contributed by atoms with van der Waals surface area (Å²) in [7, 11) is 0. The Hall–Kier alpha value is -1.80. The van der Waals surface area contributed by atoms with Gasteiger partial charge in [0.05, 0.1) is 23.2 Å². The summed E-state index contributed by atoms with van der Waals surface area (Å²) < 4.78 is 5.09. The van der Waals surface area contributed by atoms with E-state index >= 15 is 0 Å². The van der Waals surface area contributed by atoms with Crippen molar-refractivity contribution in [1.29, 1.82) is 0 Å². The molecule has 3 fully saturated rings. The van der Waals surface area contributed by atoms with Gasteiger partial charge in [-0.15, -0.1) is 24.9 Å². The van der Waals surface area contributed by atoms with Crippen LogP contribution in [0, 0.1) is 11.8 Å². The van der Waals surface area contributed by atoms with Crippen LogP contribution in [0.4, 0.5) is 0 Å². The average molecular weight is 521 g/mol. The van der Waals surface area contributed by atoms with Crippen molar-refractivity contribution >= 4 is 29.5 Å². The molecule has 2 bridgehead atoms. The van der Waals surface area contributed by atoms with E-state index in [0.29, 0.717) is 19.7 Å². The standard InChI is InChI=1S/C28H44N2O5S/c1-5-7-8-13-19-35-27(34)22-21-14-15-28(36-21)23(22)25(32)30(17-11-9-10-12-18-31)24(28)26(33)29(16-6-2)20(3)4/h5-6,20-24,31H,1-2,7-19H2,3-4H3/t21-,22+,23-,24?,28?/m0/s1. The molecule has 3 heterocycles. The highest BCUT2D eigenvalue weighted by Gasteiger charge is 2.74. The predicted octanol–water partition coefficient (Wildman–Crippen LogP) is 3.95. The molecule has 5 atom stereocenters. The van der Waals surface area contributed by atoms with E-state index in [9.17, 15) is 14.4 Å². The molecule has 202 valence electrons. The molecule has 8 heteroatoms. The smallest absolute Gasteiger partial charge is 0.310 e. The average Bonchev–Trinajstić information content (AvgIpc) is 3.49. The second-order valence-electron chi connectivity index (χ2n) is 10.6. The Bertz CT molecular complexity index is 818. The number of carbonyl (C=O) groups excluding carboxylic acids is 3. The van der Waals surface area contributed by atoms with Crippen LogP contribution in [0.5, 0.6) is 0 Å². The van der Waals surface area contributed by atoms with Crippen LogP contribution in [0.2, 0.25) is 0 Å². The Kier molecular flexibility index (Phi) is 10.5. The third-order valence-corrected chi connectivity index (χ3v) is 9.84. The maximum atomic E-state index is 14.1. The summed E-state index contributed by atoms with van der Waals surface area (Å²) in [6.45, 7) is 13.0. The van der Waals surface area contributed by atoms with Crippen LogP contribution in [0.25, 0.3) is 0 Å². The van der Waals surface area contributed by atoms with Gasteiger partial charge in [-0.25, -0.2) is 0 Å². The molecule has 2 unspecified atom stereocenters. The van der Waals surface area contributed by atoms with Crippen molar-refractivity contribution < 1.29 is 24.2 Å². The zero-order chi connectivity index (χ0) is 26.3. The second kappa shape index (κ2) is 13.1. The minimum atomic E-state index is -0.579. The summed E-state index contributed by atoms with van der Waals surface area (Å²) in [5, 5.41) is 9.11. The van der Waals surface area contributed by atoms with Crippen molar-refractivity contribution in [3.8, 4) is 0 Å². The number of nitrogens with zero attached hydrogens (tertiary/aromatic N) is 2. The third-order valence-electron chi connectivity index (χ3n) is 7.89. The number of aliphatic hydroxyl groups excluding tert-OH is 1. The number of allylic oxidation sites excluding steroid dienone is 1. The van der Waals surface area contributed by atoms with E-state index in [1.54, 1.807) is 27.6 Å². The number of hydrogen-bond donors (Lipinski definition) is 1. The number of unbranched alkanes of at least 4 members (excludes halogenated alkanes) is 5. The van der Waals surface area contributed by atoms with Gasteiger partial charge in [0.1, 0.15) is 6.04 Å². The molecule has 3 saturated heterocycles. The molecule has 0 aliphatic carbocycles. The summed E-state index contributed by atoms with van der Waals surface area (Å²) in [5.74, 6) is -1.39. The number of thioether (sulfide) groups is 1. The van der Waals surface area contributed by atoms with Crippen molar-refractivity contribution in [1.82, 2.24) is 9.80 Å². The molecule has 36 heavy (non-hydrogen) atoms. The lowest BCUT2D eigenvalue weighted by Crippen LogP contribution is -2.56. The van der Waals surface area contributed by atoms with Gasteiger partial charge in [0.15, 0.2) is 0 Å². The SMILES string of the molecule is C=CCCCCOC(=O)[C@@H]1[C@@H]2CCC3(S2)C(C(=O)N(CC=C)C(C)C)N(CCCCCCO)C(=O)[C@H]13. The van der Waals surface area contributed by atoms with Gasteiger partial charge in [0.25, 0.3) is 0 Å². The first kappa shape index (κ1) is 28.8. The van der Waals surface area contributed by atoms with E-state index in [2.05, 4.69) is 13.2 Å². The predicted molar refractivity (Wildman–Crippen MR) is 143 cm³/mol. The van der Waals surface area contributed by atoms with Gasteiger partial charge in [0.2, 0.25) is 11.8 Å². The van der Waals surface area contributed by atoms with Crippen molar-refractivity contribution in [3.63, 3.8) is 0 Å². The highest BCUT2D eigenvalue weighted by molar-refractivity contribution is 8.02. The molecule has 3 aliphatic rings. The quantitative estimate of drug-likeness (QED) is 0.188. The summed E-state index contributed by atoms with van der Waals surface area (Å²) in [4.78, 5) is 44.8. The van der Waals surface area contributed by atoms with E-state index < -0.39 is 22.6 Å². The van der Waals surface area contributed by atoms with Crippen molar-refractivity contribution in [3.05, 3.63) is 25.3 Å². The lowest BCUT2D eigenvalue weighted by molar-refractivity contribution is -0.154. The monoisotopic (exact) mass is 520 g/mol. The molecule has 0 aromatic rings. The van der Waals surface area contributed by atoms with Gasteiger partial charge < -0.3 is 19.6 Å². The third kappa shape index (κ3) is 5.69. The lowest BCUT2D eigenvalue weighted by atomic mass is 9.71. The fourth-order valence-electron chi connectivity index (χ4n) is 6.20. The number of amides is 2. The number of carbonyl (C=O) groups is 3. The first-order valence-corrected chi connectivity index (χ1v) is 14.5. The number of fused-ring (bicyclic) bond motifs is 1. The summed E-state index contributed by atoms with van der Waals surface area (Å²) in [6.07, 6.45) is 11.0. The van der Waals surface area contributed by atoms with Gasteiger partial charge in [0, 0.05) is 31.0 Å². The molecular weight excluding hydrogens is 476 g/mol. The number of likely N-dealkylation sites (tertiary alicyclic amines) is 1.